The monoisotopic (exact) mass is 416 g/mol. The van der Waals surface area contributed by atoms with Crippen molar-refractivity contribution in [3.05, 3.63) is 48.3 Å². The first-order chi connectivity index (χ1) is 14.2. The summed E-state index contributed by atoms with van der Waals surface area (Å²) in [6, 6.07) is 9.74. The van der Waals surface area contributed by atoms with Crippen LogP contribution in [-0.2, 0) is 9.53 Å². The zero-order chi connectivity index (χ0) is 22.3. The van der Waals surface area contributed by atoms with E-state index >= 15 is 0 Å². The number of carbonyl (C=O) groups is 2. The molecule has 0 aliphatic rings. The number of nitrogens with one attached hydrogen (secondary N) is 1. The van der Waals surface area contributed by atoms with E-state index in [-0.39, 0.29) is 23.5 Å². The number of methoxy groups -OCH3 is 1. The van der Waals surface area contributed by atoms with Gasteiger partial charge in [-0.3, -0.25) is 4.79 Å². The molecule has 0 spiro atoms. The summed E-state index contributed by atoms with van der Waals surface area (Å²) in [5.74, 6) is -0.875. The molecule has 1 aromatic heterocycles. The predicted molar refractivity (Wildman–Crippen MR) is 111 cm³/mol. The predicted octanol–water partition coefficient (Wildman–Crippen LogP) is 2.95. The second-order valence-corrected chi connectivity index (χ2v) is 7.19. The van der Waals surface area contributed by atoms with Crippen LogP contribution >= 0.6 is 0 Å². The van der Waals surface area contributed by atoms with Gasteiger partial charge in [-0.2, -0.15) is 0 Å². The first kappa shape index (κ1) is 23.0. The highest BCUT2D eigenvalue weighted by atomic mass is 16.6. The number of amides is 1. The number of hydrogen-bond donors (Lipinski definition) is 2. The molecule has 0 aliphatic carbocycles. The number of ether oxygens (including phenoxy) is 3. The Morgan fingerprint density at radius 2 is 1.73 bits per heavy atom. The molecule has 0 unspecified atom stereocenters. The molecule has 0 saturated carbocycles. The third-order valence-electron chi connectivity index (χ3n) is 4.46. The molecular weight excluding hydrogens is 388 g/mol. The lowest BCUT2D eigenvalue weighted by Crippen LogP contribution is -2.44. The van der Waals surface area contributed by atoms with E-state index in [1.165, 1.54) is 26.3 Å². The highest BCUT2D eigenvalue weighted by Gasteiger charge is 2.29. The molecule has 1 heterocycles. The number of aromatic nitrogens is 1. The van der Waals surface area contributed by atoms with Gasteiger partial charge in [-0.1, -0.05) is 32.0 Å². The Kier molecular flexibility index (Phi) is 8.03. The van der Waals surface area contributed by atoms with Crippen LogP contribution in [0.2, 0.25) is 0 Å². The van der Waals surface area contributed by atoms with E-state index < -0.39 is 29.8 Å². The Labute approximate surface area is 176 Å². The van der Waals surface area contributed by atoms with Crippen molar-refractivity contribution < 1.29 is 28.9 Å². The smallest absolute Gasteiger partial charge is 0.328 e. The molecule has 1 aromatic carbocycles. The fourth-order valence-corrected chi connectivity index (χ4v) is 2.87. The average molecular weight is 416 g/mol. The van der Waals surface area contributed by atoms with Gasteiger partial charge < -0.3 is 24.6 Å². The van der Waals surface area contributed by atoms with Gasteiger partial charge in [0.2, 0.25) is 0 Å². The van der Waals surface area contributed by atoms with E-state index in [2.05, 4.69) is 10.3 Å². The maximum atomic E-state index is 12.5. The molecule has 3 atom stereocenters. The topological polar surface area (TPSA) is 107 Å². The molecule has 0 bridgehead atoms. The fraction of sp³-hybridized carbons (Fsp3) is 0.409. The minimum absolute atomic E-state index is 0.0795. The molecule has 8 heteroatoms. The molecule has 0 radical (unpaired) electrons. The van der Waals surface area contributed by atoms with Gasteiger partial charge in [0.1, 0.15) is 24.0 Å². The van der Waals surface area contributed by atoms with Crippen LogP contribution in [-0.4, -0.2) is 47.3 Å². The second-order valence-electron chi connectivity index (χ2n) is 7.19. The summed E-state index contributed by atoms with van der Waals surface area (Å²) in [7, 11) is 1.36. The third kappa shape index (κ3) is 5.85. The van der Waals surface area contributed by atoms with Crippen molar-refractivity contribution in [1.82, 2.24) is 10.3 Å². The van der Waals surface area contributed by atoms with Crippen molar-refractivity contribution in [2.24, 2.45) is 5.92 Å². The normalized spacial score (nSPS) is 13.8. The molecule has 30 heavy (non-hydrogen) atoms. The molecule has 0 aliphatic heterocycles. The highest BCUT2D eigenvalue weighted by molar-refractivity contribution is 5.97. The molecular formula is C22H28N2O6. The van der Waals surface area contributed by atoms with E-state index in [0.29, 0.717) is 5.75 Å². The van der Waals surface area contributed by atoms with Crippen molar-refractivity contribution >= 4 is 11.9 Å². The summed E-state index contributed by atoms with van der Waals surface area (Å²) in [6.07, 6.45) is 0.399. The number of benzene rings is 1. The van der Waals surface area contributed by atoms with E-state index in [1.807, 2.05) is 44.2 Å². The number of hydrogen-bond acceptors (Lipinski definition) is 7. The van der Waals surface area contributed by atoms with Crippen LogP contribution in [0.25, 0.3) is 0 Å². The molecule has 2 aromatic rings. The number of carbonyl (C=O) groups excluding carboxylic acids is 2. The van der Waals surface area contributed by atoms with Gasteiger partial charge in [0.25, 0.3) is 5.91 Å². The molecule has 2 rings (SSSR count). The molecule has 0 fully saturated rings. The van der Waals surface area contributed by atoms with Crippen molar-refractivity contribution in [3.8, 4) is 17.2 Å². The number of esters is 1. The molecule has 162 valence electrons. The third-order valence-corrected chi connectivity index (χ3v) is 4.46. The minimum atomic E-state index is -0.961. The van der Waals surface area contributed by atoms with Gasteiger partial charge in [-0.15, -0.1) is 0 Å². The summed E-state index contributed by atoms with van der Waals surface area (Å²) in [6.45, 7) is 7.18. The van der Waals surface area contributed by atoms with Crippen LogP contribution in [0, 0.1) is 5.92 Å². The van der Waals surface area contributed by atoms with Gasteiger partial charge in [0, 0.05) is 12.3 Å². The Morgan fingerprint density at radius 1 is 1.07 bits per heavy atom. The Bertz CT molecular complexity index is 856. The zero-order valence-electron chi connectivity index (χ0n) is 17.8. The van der Waals surface area contributed by atoms with Gasteiger partial charge >= 0.3 is 5.97 Å². The minimum Gasteiger partial charge on any atom is -0.503 e. The van der Waals surface area contributed by atoms with Gasteiger partial charge in [0.05, 0.1) is 7.11 Å². The lowest BCUT2D eigenvalue weighted by atomic mass is 10.0. The van der Waals surface area contributed by atoms with Crippen molar-refractivity contribution in [2.75, 3.05) is 7.11 Å². The summed E-state index contributed by atoms with van der Waals surface area (Å²) in [4.78, 5) is 28.7. The Morgan fingerprint density at radius 3 is 2.33 bits per heavy atom. The fourth-order valence-electron chi connectivity index (χ4n) is 2.87. The van der Waals surface area contributed by atoms with Crippen LogP contribution in [0.15, 0.2) is 42.6 Å². The van der Waals surface area contributed by atoms with Crippen LogP contribution in [0.5, 0.6) is 17.2 Å². The largest absolute Gasteiger partial charge is 0.503 e. The second kappa shape index (κ2) is 10.5. The first-order valence-electron chi connectivity index (χ1n) is 9.69. The number of para-hydroxylation sites is 1. The lowest BCUT2D eigenvalue weighted by molar-refractivity contribution is -0.155. The number of pyridine rings is 1. The Hall–Kier alpha value is -3.29. The standard InChI is InChI=1S/C22H28N2O6/c1-13(2)20(30-16-9-7-6-8-10-16)15(4)29-22(27)14(3)24-21(26)18-19(25)17(28-5)11-12-23-18/h6-15,20,25H,1-5H3,(H,24,26)/t14-,15-,20-/m0/s1. The SMILES string of the molecule is COc1ccnc(C(=O)N[C@@H](C)C(=O)O[C@@H](C)[C@@H](Oc2ccccc2)C(C)C)c1O. The van der Waals surface area contributed by atoms with Crippen molar-refractivity contribution in [2.45, 2.75) is 45.9 Å². The molecule has 0 saturated heterocycles. The van der Waals surface area contributed by atoms with Gasteiger partial charge in [-0.05, 0) is 31.9 Å². The zero-order valence-corrected chi connectivity index (χ0v) is 17.8. The summed E-state index contributed by atoms with van der Waals surface area (Å²) < 4.78 is 16.5. The van der Waals surface area contributed by atoms with Crippen LogP contribution in [0.3, 0.4) is 0 Å². The maximum absolute atomic E-state index is 12.5. The molecule has 1 amide bonds. The molecule has 2 N–H and O–H groups in total. The van der Waals surface area contributed by atoms with Crippen LogP contribution in [0.1, 0.15) is 38.2 Å². The quantitative estimate of drug-likeness (QED) is 0.605. The van der Waals surface area contributed by atoms with E-state index in [1.54, 1.807) is 6.92 Å². The Balaban J connectivity index is 2.00. The van der Waals surface area contributed by atoms with E-state index in [0.717, 1.165) is 0 Å². The maximum Gasteiger partial charge on any atom is 0.328 e. The average Bonchev–Trinajstić information content (AvgIpc) is 2.72. The van der Waals surface area contributed by atoms with E-state index in [4.69, 9.17) is 14.2 Å². The van der Waals surface area contributed by atoms with Crippen molar-refractivity contribution in [3.63, 3.8) is 0 Å². The number of aromatic hydroxyl groups is 1. The summed E-state index contributed by atoms with van der Waals surface area (Å²) in [5.41, 5.74) is -0.241. The van der Waals surface area contributed by atoms with Gasteiger partial charge in [0.15, 0.2) is 17.2 Å². The number of rotatable bonds is 9. The van der Waals surface area contributed by atoms with Crippen molar-refractivity contribution in [1.29, 1.82) is 0 Å². The van der Waals surface area contributed by atoms with Crippen LogP contribution < -0.4 is 14.8 Å². The summed E-state index contributed by atoms with van der Waals surface area (Å²) >= 11 is 0. The lowest BCUT2D eigenvalue weighted by Gasteiger charge is -2.29. The summed E-state index contributed by atoms with van der Waals surface area (Å²) in [5, 5.41) is 12.5. The van der Waals surface area contributed by atoms with E-state index in [9.17, 15) is 14.7 Å². The van der Waals surface area contributed by atoms with Crippen LogP contribution in [0.4, 0.5) is 0 Å². The number of nitrogens with zero attached hydrogens (tertiary/aromatic N) is 1. The highest BCUT2D eigenvalue weighted by Crippen LogP contribution is 2.27. The van der Waals surface area contributed by atoms with Gasteiger partial charge in [-0.25, -0.2) is 9.78 Å². The molecule has 8 nitrogen and oxygen atoms in total. The first-order valence-corrected chi connectivity index (χ1v) is 9.69.